The van der Waals surface area contributed by atoms with Gasteiger partial charge in [-0.15, -0.1) is 0 Å². The standard InChI is InChI=1S/C16H10N4O/c17-6-8(7-18)14-12-5-9(19)1-2-10(12)11-3-4-13(20)16(21)15(11)14/h1-5,13H,19-20H2. The number of allylic oxidation sites excluding steroid dienone is 4. The van der Waals surface area contributed by atoms with Crippen molar-refractivity contribution >= 4 is 22.6 Å². The molecule has 0 heterocycles. The Bertz CT molecular complexity index is 843. The molecular weight excluding hydrogens is 264 g/mol. The summed E-state index contributed by atoms with van der Waals surface area (Å²) in [6, 6.07) is 8.11. The highest BCUT2D eigenvalue weighted by atomic mass is 16.1. The zero-order chi connectivity index (χ0) is 15.1. The molecule has 0 bridgehead atoms. The van der Waals surface area contributed by atoms with E-state index in [1.165, 1.54) is 0 Å². The van der Waals surface area contributed by atoms with E-state index in [1.807, 2.05) is 12.1 Å². The van der Waals surface area contributed by atoms with Gasteiger partial charge in [0.15, 0.2) is 5.78 Å². The predicted octanol–water partition coefficient (Wildman–Crippen LogP) is 1.30. The highest BCUT2D eigenvalue weighted by molar-refractivity contribution is 6.26. The Balaban J connectivity index is 2.42. The molecule has 3 rings (SSSR count). The van der Waals surface area contributed by atoms with Crippen LogP contribution in [0.15, 0.2) is 41.5 Å². The number of anilines is 1. The van der Waals surface area contributed by atoms with Crippen molar-refractivity contribution in [2.24, 2.45) is 5.73 Å². The van der Waals surface area contributed by atoms with Crippen LogP contribution >= 0.6 is 0 Å². The van der Waals surface area contributed by atoms with Crippen molar-refractivity contribution in [3.05, 3.63) is 52.6 Å². The monoisotopic (exact) mass is 274 g/mol. The van der Waals surface area contributed by atoms with Crippen LogP contribution in [0.1, 0.15) is 11.1 Å². The number of rotatable bonds is 0. The lowest BCUT2D eigenvalue weighted by Gasteiger charge is -2.14. The van der Waals surface area contributed by atoms with Gasteiger partial charge < -0.3 is 11.5 Å². The topological polar surface area (TPSA) is 117 Å². The first-order valence-corrected chi connectivity index (χ1v) is 6.26. The number of nitrogens with two attached hydrogens (primary N) is 2. The summed E-state index contributed by atoms with van der Waals surface area (Å²) in [6.07, 6.45) is 3.37. The van der Waals surface area contributed by atoms with Gasteiger partial charge in [-0.05, 0) is 28.8 Å². The van der Waals surface area contributed by atoms with Gasteiger partial charge in [0, 0.05) is 16.8 Å². The number of carbonyl (C=O) groups excluding carboxylic acids is 1. The molecule has 1 atom stereocenters. The van der Waals surface area contributed by atoms with Crippen molar-refractivity contribution in [1.29, 1.82) is 10.5 Å². The molecular formula is C16H10N4O. The first-order valence-electron chi connectivity index (χ1n) is 6.26. The largest absolute Gasteiger partial charge is 0.399 e. The van der Waals surface area contributed by atoms with Gasteiger partial charge in [0.25, 0.3) is 0 Å². The Morgan fingerprint density at radius 2 is 1.90 bits per heavy atom. The number of benzene rings is 1. The minimum Gasteiger partial charge on any atom is -0.399 e. The van der Waals surface area contributed by atoms with E-state index in [4.69, 9.17) is 11.5 Å². The normalized spacial score (nSPS) is 18.9. The lowest BCUT2D eigenvalue weighted by atomic mass is 9.89. The van der Waals surface area contributed by atoms with Gasteiger partial charge in [0.2, 0.25) is 0 Å². The Morgan fingerprint density at radius 1 is 1.19 bits per heavy atom. The van der Waals surface area contributed by atoms with E-state index in [0.29, 0.717) is 28.0 Å². The fourth-order valence-corrected chi connectivity index (χ4v) is 2.69. The lowest BCUT2D eigenvalue weighted by Crippen LogP contribution is -2.31. The van der Waals surface area contributed by atoms with Crippen LogP contribution in [-0.2, 0) is 4.79 Å². The number of Topliss-reactive ketones (excluding diaryl/α,β-unsaturated/α-hetero) is 1. The molecule has 0 radical (unpaired) electrons. The van der Waals surface area contributed by atoms with E-state index in [-0.39, 0.29) is 11.4 Å². The summed E-state index contributed by atoms with van der Waals surface area (Å²) in [5.74, 6) is -0.291. The maximum Gasteiger partial charge on any atom is 0.184 e. The fourth-order valence-electron chi connectivity index (χ4n) is 2.69. The van der Waals surface area contributed by atoms with Gasteiger partial charge in [-0.25, -0.2) is 0 Å². The van der Waals surface area contributed by atoms with Crippen LogP contribution in [0.5, 0.6) is 0 Å². The average molecular weight is 274 g/mol. The Kier molecular flexibility index (Phi) is 2.72. The quantitative estimate of drug-likeness (QED) is 0.546. The van der Waals surface area contributed by atoms with Gasteiger partial charge in [0.05, 0.1) is 6.04 Å². The number of nitriles is 2. The van der Waals surface area contributed by atoms with Crippen LogP contribution in [-0.4, -0.2) is 11.8 Å². The summed E-state index contributed by atoms with van der Waals surface area (Å²) in [7, 11) is 0. The van der Waals surface area contributed by atoms with Crippen molar-refractivity contribution in [3.8, 4) is 12.1 Å². The molecule has 1 aromatic rings. The maximum absolute atomic E-state index is 12.4. The SMILES string of the molecule is N#CC(C#N)=C1C2=C(C=CC(N)C2=O)c2ccc(N)cc21. The third-order valence-electron chi connectivity index (χ3n) is 3.62. The van der Waals surface area contributed by atoms with Gasteiger partial charge >= 0.3 is 0 Å². The number of carbonyl (C=O) groups is 1. The lowest BCUT2D eigenvalue weighted by molar-refractivity contribution is -0.115. The van der Waals surface area contributed by atoms with Crippen LogP contribution in [0, 0.1) is 22.7 Å². The summed E-state index contributed by atoms with van der Waals surface area (Å²) < 4.78 is 0. The molecule has 0 fully saturated rings. The van der Waals surface area contributed by atoms with E-state index < -0.39 is 6.04 Å². The van der Waals surface area contributed by atoms with Gasteiger partial charge in [-0.2, -0.15) is 10.5 Å². The molecule has 2 aliphatic carbocycles. The molecule has 0 saturated carbocycles. The number of hydrogen-bond donors (Lipinski definition) is 2. The minimum atomic E-state index is -0.760. The first-order chi connectivity index (χ1) is 10.1. The van der Waals surface area contributed by atoms with E-state index >= 15 is 0 Å². The molecule has 5 heteroatoms. The second-order valence-electron chi connectivity index (χ2n) is 4.82. The highest BCUT2D eigenvalue weighted by Crippen LogP contribution is 2.46. The molecule has 1 aromatic carbocycles. The van der Waals surface area contributed by atoms with E-state index in [9.17, 15) is 15.3 Å². The van der Waals surface area contributed by atoms with E-state index in [0.717, 1.165) is 5.56 Å². The third-order valence-corrected chi connectivity index (χ3v) is 3.62. The number of ketones is 1. The molecule has 21 heavy (non-hydrogen) atoms. The van der Waals surface area contributed by atoms with E-state index in [1.54, 1.807) is 30.4 Å². The van der Waals surface area contributed by atoms with Gasteiger partial charge in [-0.1, -0.05) is 18.2 Å². The van der Waals surface area contributed by atoms with Crippen LogP contribution < -0.4 is 11.5 Å². The molecule has 100 valence electrons. The van der Waals surface area contributed by atoms with Crippen LogP contribution in [0.3, 0.4) is 0 Å². The van der Waals surface area contributed by atoms with Crippen molar-refractivity contribution in [3.63, 3.8) is 0 Å². The first kappa shape index (κ1) is 12.9. The van der Waals surface area contributed by atoms with Crippen molar-refractivity contribution in [2.75, 3.05) is 5.73 Å². The third kappa shape index (κ3) is 1.69. The Labute approximate surface area is 121 Å². The summed E-state index contributed by atoms with van der Waals surface area (Å²) >= 11 is 0. The summed E-state index contributed by atoms with van der Waals surface area (Å²) in [4.78, 5) is 12.4. The van der Waals surface area contributed by atoms with E-state index in [2.05, 4.69) is 0 Å². The van der Waals surface area contributed by atoms with Gasteiger partial charge in [-0.3, -0.25) is 4.79 Å². The summed E-state index contributed by atoms with van der Waals surface area (Å²) in [5.41, 5.74) is 14.7. The van der Waals surface area contributed by atoms with Crippen LogP contribution in [0.4, 0.5) is 5.69 Å². The second kappa shape index (κ2) is 4.45. The molecule has 0 saturated heterocycles. The summed E-state index contributed by atoms with van der Waals surface area (Å²) in [6.45, 7) is 0. The Hall–Kier alpha value is -3.15. The number of hydrogen-bond acceptors (Lipinski definition) is 5. The zero-order valence-corrected chi connectivity index (χ0v) is 10.9. The Morgan fingerprint density at radius 3 is 2.57 bits per heavy atom. The molecule has 2 aliphatic rings. The number of nitrogens with zero attached hydrogens (tertiary/aromatic N) is 2. The minimum absolute atomic E-state index is 0.109. The maximum atomic E-state index is 12.4. The number of nitrogen functional groups attached to an aromatic ring is 1. The zero-order valence-electron chi connectivity index (χ0n) is 10.9. The summed E-state index contributed by atoms with van der Waals surface area (Å²) in [5, 5.41) is 18.4. The second-order valence-corrected chi connectivity index (χ2v) is 4.82. The average Bonchev–Trinajstić information content (AvgIpc) is 2.79. The van der Waals surface area contributed by atoms with Crippen molar-refractivity contribution in [2.45, 2.75) is 6.04 Å². The molecule has 0 spiro atoms. The van der Waals surface area contributed by atoms with Crippen LogP contribution in [0.25, 0.3) is 11.1 Å². The molecule has 0 aromatic heterocycles. The molecule has 5 nitrogen and oxygen atoms in total. The number of fused-ring (bicyclic) bond motifs is 2. The predicted molar refractivity (Wildman–Crippen MR) is 78.0 cm³/mol. The molecule has 0 aliphatic heterocycles. The smallest absolute Gasteiger partial charge is 0.184 e. The molecule has 0 amide bonds. The van der Waals surface area contributed by atoms with Crippen molar-refractivity contribution in [1.82, 2.24) is 0 Å². The molecule has 1 unspecified atom stereocenters. The fraction of sp³-hybridized carbons (Fsp3) is 0.0625. The van der Waals surface area contributed by atoms with Crippen molar-refractivity contribution < 1.29 is 4.79 Å². The van der Waals surface area contributed by atoms with Crippen LogP contribution in [0.2, 0.25) is 0 Å². The highest BCUT2D eigenvalue weighted by Gasteiger charge is 2.36. The molecule has 4 N–H and O–H groups in total. The van der Waals surface area contributed by atoms with Gasteiger partial charge in [0.1, 0.15) is 17.7 Å².